The number of halogens is 2. The summed E-state index contributed by atoms with van der Waals surface area (Å²) in [5.74, 6) is 0.729. The van der Waals surface area contributed by atoms with Crippen LogP contribution in [0.15, 0.2) is 21.1 Å². The summed E-state index contributed by atoms with van der Waals surface area (Å²) in [6, 6.07) is 5.85. The van der Waals surface area contributed by atoms with Gasteiger partial charge in [0.1, 0.15) is 5.75 Å². The molecule has 0 aliphatic carbocycles. The van der Waals surface area contributed by atoms with E-state index in [9.17, 15) is 0 Å². The molecule has 1 aromatic carbocycles. The van der Waals surface area contributed by atoms with Crippen LogP contribution in [0.3, 0.4) is 0 Å². The minimum absolute atomic E-state index is 0.379. The zero-order valence-electron chi connectivity index (χ0n) is 6.97. The number of benzene rings is 1. The second kappa shape index (κ2) is 4.64. The first-order valence-electron chi connectivity index (χ1n) is 3.58. The lowest BCUT2D eigenvalue weighted by atomic mass is 10.1. The number of nitriles is 1. The highest BCUT2D eigenvalue weighted by Crippen LogP contribution is 2.35. The molecule has 0 fully saturated rings. The van der Waals surface area contributed by atoms with E-state index in [2.05, 4.69) is 37.9 Å². The first-order valence-corrected chi connectivity index (χ1v) is 5.17. The Bertz CT molecular complexity index is 357. The number of rotatable bonds is 2. The summed E-state index contributed by atoms with van der Waals surface area (Å²) in [5, 5.41) is 8.55. The molecule has 0 heterocycles. The number of hydrogen-bond acceptors (Lipinski definition) is 2. The summed E-state index contributed by atoms with van der Waals surface area (Å²) < 4.78 is 6.88. The quantitative estimate of drug-likeness (QED) is 0.840. The first kappa shape index (κ1) is 10.6. The molecule has 0 aliphatic rings. The number of ether oxygens (including phenoxy) is 1. The lowest BCUT2D eigenvalue weighted by molar-refractivity contribution is 0.409. The molecule has 0 N–H and O–H groups in total. The molecule has 0 spiro atoms. The Morgan fingerprint density at radius 3 is 2.69 bits per heavy atom. The van der Waals surface area contributed by atoms with E-state index in [1.165, 1.54) is 0 Å². The maximum Gasteiger partial charge on any atom is 0.147 e. The van der Waals surface area contributed by atoms with Gasteiger partial charge in [-0.2, -0.15) is 5.26 Å². The van der Waals surface area contributed by atoms with Gasteiger partial charge in [-0.3, -0.25) is 0 Å². The van der Waals surface area contributed by atoms with E-state index in [0.717, 1.165) is 20.3 Å². The van der Waals surface area contributed by atoms with E-state index in [4.69, 9.17) is 10.00 Å². The summed E-state index contributed by atoms with van der Waals surface area (Å²) in [6.45, 7) is 0. The minimum atomic E-state index is 0.379. The van der Waals surface area contributed by atoms with Gasteiger partial charge in [-0.15, -0.1) is 0 Å². The van der Waals surface area contributed by atoms with Gasteiger partial charge >= 0.3 is 0 Å². The van der Waals surface area contributed by atoms with E-state index in [0.29, 0.717) is 6.42 Å². The minimum Gasteiger partial charge on any atom is -0.494 e. The van der Waals surface area contributed by atoms with Crippen molar-refractivity contribution in [2.75, 3.05) is 7.11 Å². The maximum atomic E-state index is 8.55. The predicted molar refractivity (Wildman–Crippen MR) is 57.7 cm³/mol. The Labute approximate surface area is 93.8 Å². The second-order valence-electron chi connectivity index (χ2n) is 2.39. The first-order chi connectivity index (χ1) is 6.20. The molecule has 0 aromatic heterocycles. The van der Waals surface area contributed by atoms with E-state index >= 15 is 0 Å². The zero-order valence-corrected chi connectivity index (χ0v) is 10.1. The fourth-order valence-electron chi connectivity index (χ4n) is 0.982. The van der Waals surface area contributed by atoms with E-state index in [1.54, 1.807) is 7.11 Å². The van der Waals surface area contributed by atoms with Gasteiger partial charge in [0.15, 0.2) is 0 Å². The summed E-state index contributed by atoms with van der Waals surface area (Å²) in [7, 11) is 1.60. The molecule has 1 rings (SSSR count). The Balaban J connectivity index is 3.21. The van der Waals surface area contributed by atoms with Crippen molar-refractivity contribution in [2.45, 2.75) is 6.42 Å². The summed E-state index contributed by atoms with van der Waals surface area (Å²) in [4.78, 5) is 0. The molecule has 0 saturated heterocycles. The van der Waals surface area contributed by atoms with Gasteiger partial charge in [0, 0.05) is 0 Å². The SMILES string of the molecule is COc1c(Br)ccc(CC#N)c1Br. The third kappa shape index (κ3) is 2.23. The van der Waals surface area contributed by atoms with Crippen LogP contribution in [0.25, 0.3) is 0 Å². The summed E-state index contributed by atoms with van der Waals surface area (Å²) in [5.41, 5.74) is 0.933. The van der Waals surface area contributed by atoms with E-state index < -0.39 is 0 Å². The highest BCUT2D eigenvalue weighted by Gasteiger charge is 2.09. The lowest BCUT2D eigenvalue weighted by Gasteiger charge is -2.08. The number of methoxy groups -OCH3 is 1. The molecule has 4 heteroatoms. The lowest BCUT2D eigenvalue weighted by Crippen LogP contribution is -1.91. The van der Waals surface area contributed by atoms with Crippen molar-refractivity contribution < 1.29 is 4.74 Å². The number of hydrogen-bond donors (Lipinski definition) is 0. The highest BCUT2D eigenvalue weighted by atomic mass is 79.9. The van der Waals surface area contributed by atoms with Gasteiger partial charge in [-0.25, -0.2) is 0 Å². The van der Waals surface area contributed by atoms with Crippen molar-refractivity contribution >= 4 is 31.9 Å². The van der Waals surface area contributed by atoms with E-state index in [-0.39, 0.29) is 0 Å². The van der Waals surface area contributed by atoms with Crippen LogP contribution >= 0.6 is 31.9 Å². The Kier molecular flexibility index (Phi) is 3.76. The second-order valence-corrected chi connectivity index (χ2v) is 4.04. The molecular formula is C9H7Br2NO. The van der Waals surface area contributed by atoms with Crippen molar-refractivity contribution in [3.8, 4) is 11.8 Å². The van der Waals surface area contributed by atoms with Gasteiger partial charge in [0.2, 0.25) is 0 Å². The van der Waals surface area contributed by atoms with Crippen LogP contribution in [0.1, 0.15) is 5.56 Å². The van der Waals surface area contributed by atoms with Gasteiger partial charge in [-0.05, 0) is 43.5 Å². The monoisotopic (exact) mass is 303 g/mol. The number of nitrogens with zero attached hydrogens (tertiary/aromatic N) is 1. The van der Waals surface area contributed by atoms with Crippen LogP contribution in [0.4, 0.5) is 0 Å². The van der Waals surface area contributed by atoms with Crippen LogP contribution in [0.2, 0.25) is 0 Å². The van der Waals surface area contributed by atoms with Crippen LogP contribution < -0.4 is 4.74 Å². The fourth-order valence-corrected chi connectivity index (χ4v) is 2.39. The van der Waals surface area contributed by atoms with Gasteiger partial charge < -0.3 is 4.74 Å². The molecule has 2 nitrogen and oxygen atoms in total. The largest absolute Gasteiger partial charge is 0.494 e. The molecule has 0 saturated carbocycles. The standard InChI is InChI=1S/C9H7Br2NO/c1-13-9-7(10)3-2-6(4-5-12)8(9)11/h2-3H,4H2,1H3. The topological polar surface area (TPSA) is 33.0 Å². The summed E-state index contributed by atoms with van der Waals surface area (Å²) >= 11 is 6.74. The zero-order chi connectivity index (χ0) is 9.84. The van der Waals surface area contributed by atoms with Crippen LogP contribution in [0.5, 0.6) is 5.75 Å². The smallest absolute Gasteiger partial charge is 0.147 e. The molecule has 1 aromatic rings. The average molecular weight is 305 g/mol. The molecule has 13 heavy (non-hydrogen) atoms. The van der Waals surface area contributed by atoms with Crippen molar-refractivity contribution in [3.05, 3.63) is 26.6 Å². The third-order valence-corrected chi connectivity index (χ3v) is 3.10. The molecule has 0 bridgehead atoms. The van der Waals surface area contributed by atoms with Crippen LogP contribution in [0, 0.1) is 11.3 Å². The molecule has 0 amide bonds. The van der Waals surface area contributed by atoms with Gasteiger partial charge in [0.05, 0.1) is 28.5 Å². The van der Waals surface area contributed by atoms with Crippen molar-refractivity contribution in [3.63, 3.8) is 0 Å². The maximum absolute atomic E-state index is 8.55. The Morgan fingerprint density at radius 1 is 1.46 bits per heavy atom. The van der Waals surface area contributed by atoms with Crippen molar-refractivity contribution in [1.82, 2.24) is 0 Å². The predicted octanol–water partition coefficient (Wildman–Crippen LogP) is 3.29. The van der Waals surface area contributed by atoms with E-state index in [1.807, 2.05) is 12.1 Å². The normalized spacial score (nSPS) is 9.38. The Hall–Kier alpha value is -0.530. The summed E-state index contributed by atoms with van der Waals surface area (Å²) in [6.07, 6.45) is 0.379. The Morgan fingerprint density at radius 2 is 2.15 bits per heavy atom. The van der Waals surface area contributed by atoms with Crippen molar-refractivity contribution in [2.24, 2.45) is 0 Å². The fraction of sp³-hybridized carbons (Fsp3) is 0.222. The van der Waals surface area contributed by atoms with Gasteiger partial charge in [-0.1, -0.05) is 6.07 Å². The van der Waals surface area contributed by atoms with Crippen LogP contribution in [-0.2, 0) is 6.42 Å². The third-order valence-electron chi connectivity index (χ3n) is 1.60. The highest BCUT2D eigenvalue weighted by molar-refractivity contribution is 9.11. The molecular weight excluding hydrogens is 298 g/mol. The van der Waals surface area contributed by atoms with Gasteiger partial charge in [0.25, 0.3) is 0 Å². The molecule has 68 valence electrons. The molecule has 0 aliphatic heterocycles. The molecule has 0 atom stereocenters. The molecule has 0 unspecified atom stereocenters. The van der Waals surface area contributed by atoms with Crippen LogP contribution in [-0.4, -0.2) is 7.11 Å². The van der Waals surface area contributed by atoms with Crippen molar-refractivity contribution in [1.29, 1.82) is 5.26 Å². The average Bonchev–Trinajstić information content (AvgIpc) is 2.11. The molecule has 0 radical (unpaired) electrons.